The fourth-order valence-electron chi connectivity index (χ4n) is 1.72. The third kappa shape index (κ3) is 3.19. The number of anilines is 1. The maximum Gasteiger partial charge on any atom is 0.292 e. The van der Waals surface area contributed by atoms with E-state index in [-0.39, 0.29) is 16.7 Å². The number of aryl methyl sites for hydroxylation is 1. The van der Waals surface area contributed by atoms with E-state index in [0.29, 0.717) is 11.6 Å². The molecule has 94 valence electrons. The lowest BCUT2D eigenvalue weighted by atomic mass is 10.00. The lowest BCUT2D eigenvalue weighted by Crippen LogP contribution is -2.24. The molecule has 4 nitrogen and oxygen atoms in total. The Hall–Kier alpha value is -1.58. The van der Waals surface area contributed by atoms with Crippen LogP contribution in [0.4, 0.5) is 11.4 Å². The summed E-state index contributed by atoms with van der Waals surface area (Å²) in [6.45, 7) is 8.21. The molecule has 1 aromatic rings. The van der Waals surface area contributed by atoms with Gasteiger partial charge in [0, 0.05) is 12.1 Å². The monoisotopic (exact) mass is 236 g/mol. The zero-order valence-electron chi connectivity index (χ0n) is 10.9. The molecule has 0 amide bonds. The molecule has 0 aliphatic carbocycles. The van der Waals surface area contributed by atoms with Crippen LogP contribution in [0.15, 0.2) is 18.2 Å². The van der Waals surface area contributed by atoms with Crippen LogP contribution < -0.4 is 5.32 Å². The van der Waals surface area contributed by atoms with Gasteiger partial charge in [0.15, 0.2) is 0 Å². The van der Waals surface area contributed by atoms with Gasteiger partial charge in [0.2, 0.25) is 0 Å². The molecule has 0 fully saturated rings. The van der Waals surface area contributed by atoms with Crippen molar-refractivity contribution < 1.29 is 4.92 Å². The number of nitrogens with one attached hydrogen (secondary N) is 1. The molecule has 1 N–H and O–H groups in total. The number of nitro benzene ring substituents is 1. The molecule has 1 rings (SSSR count). The van der Waals surface area contributed by atoms with E-state index in [1.807, 2.05) is 13.0 Å². The van der Waals surface area contributed by atoms with Gasteiger partial charge in [-0.1, -0.05) is 32.4 Å². The van der Waals surface area contributed by atoms with Crippen molar-refractivity contribution in [2.75, 3.05) is 5.32 Å². The van der Waals surface area contributed by atoms with E-state index in [1.54, 1.807) is 12.1 Å². The van der Waals surface area contributed by atoms with E-state index in [1.165, 1.54) is 0 Å². The third-order valence-corrected chi connectivity index (χ3v) is 3.32. The summed E-state index contributed by atoms with van der Waals surface area (Å²) in [6, 6.07) is 5.36. The molecule has 0 bridgehead atoms. The van der Waals surface area contributed by atoms with Gasteiger partial charge in [-0.3, -0.25) is 10.1 Å². The first-order valence-electron chi connectivity index (χ1n) is 5.97. The van der Waals surface area contributed by atoms with Crippen LogP contribution in [0.1, 0.15) is 32.8 Å². The summed E-state index contributed by atoms with van der Waals surface area (Å²) in [5.74, 6) is 0.481. The van der Waals surface area contributed by atoms with Crippen molar-refractivity contribution in [2.24, 2.45) is 5.92 Å². The fraction of sp³-hybridized carbons (Fsp3) is 0.538. The van der Waals surface area contributed by atoms with Crippen LogP contribution in [-0.2, 0) is 0 Å². The summed E-state index contributed by atoms with van der Waals surface area (Å²) in [7, 11) is 0. The lowest BCUT2D eigenvalue weighted by molar-refractivity contribution is -0.384. The maximum absolute atomic E-state index is 11.0. The highest BCUT2D eigenvalue weighted by atomic mass is 16.6. The second kappa shape index (κ2) is 5.66. The standard InChI is InChI=1S/C13H20N2O2/c1-5-9(2)11(4)14-13-10(3)7-6-8-12(13)15(16)17/h6-9,11,14H,5H2,1-4H3. The summed E-state index contributed by atoms with van der Waals surface area (Å²) in [4.78, 5) is 10.6. The van der Waals surface area contributed by atoms with E-state index in [9.17, 15) is 10.1 Å². The third-order valence-electron chi connectivity index (χ3n) is 3.32. The molecule has 0 spiro atoms. The van der Waals surface area contributed by atoms with E-state index in [0.717, 1.165) is 12.0 Å². The highest BCUT2D eigenvalue weighted by Crippen LogP contribution is 2.29. The highest BCUT2D eigenvalue weighted by Gasteiger charge is 2.18. The van der Waals surface area contributed by atoms with Crippen LogP contribution in [0.5, 0.6) is 0 Å². The Kier molecular flexibility index (Phi) is 4.49. The number of nitro groups is 1. The van der Waals surface area contributed by atoms with Crippen LogP contribution in [-0.4, -0.2) is 11.0 Å². The van der Waals surface area contributed by atoms with Gasteiger partial charge >= 0.3 is 0 Å². The molecule has 0 aliphatic rings. The minimum atomic E-state index is -0.335. The van der Waals surface area contributed by atoms with Gasteiger partial charge in [-0.05, 0) is 25.3 Å². The quantitative estimate of drug-likeness (QED) is 0.625. The highest BCUT2D eigenvalue weighted by molar-refractivity contribution is 5.66. The Labute approximate surface area is 102 Å². The van der Waals surface area contributed by atoms with E-state index in [2.05, 4.69) is 26.1 Å². The molecule has 0 saturated carbocycles. The average molecular weight is 236 g/mol. The van der Waals surface area contributed by atoms with Gasteiger partial charge in [0.05, 0.1) is 4.92 Å². The molecular formula is C13H20N2O2. The van der Waals surface area contributed by atoms with Gasteiger partial charge in [-0.15, -0.1) is 0 Å². The number of hydrogen-bond donors (Lipinski definition) is 1. The molecule has 0 saturated heterocycles. The predicted molar refractivity (Wildman–Crippen MR) is 70.4 cm³/mol. The van der Waals surface area contributed by atoms with Crippen molar-refractivity contribution in [1.82, 2.24) is 0 Å². The topological polar surface area (TPSA) is 55.2 Å². The van der Waals surface area contributed by atoms with Gasteiger partial charge in [0.25, 0.3) is 5.69 Å². The van der Waals surface area contributed by atoms with Crippen LogP contribution in [0.2, 0.25) is 0 Å². The molecular weight excluding hydrogens is 216 g/mol. The van der Waals surface area contributed by atoms with Crippen molar-refractivity contribution in [3.8, 4) is 0 Å². The number of nitrogens with zero attached hydrogens (tertiary/aromatic N) is 1. The van der Waals surface area contributed by atoms with Crippen molar-refractivity contribution >= 4 is 11.4 Å². The van der Waals surface area contributed by atoms with Crippen molar-refractivity contribution in [1.29, 1.82) is 0 Å². The zero-order valence-corrected chi connectivity index (χ0v) is 10.9. The van der Waals surface area contributed by atoms with Crippen molar-refractivity contribution in [3.05, 3.63) is 33.9 Å². The minimum Gasteiger partial charge on any atom is -0.377 e. The fourth-order valence-corrected chi connectivity index (χ4v) is 1.72. The number of hydrogen-bond acceptors (Lipinski definition) is 3. The van der Waals surface area contributed by atoms with E-state index in [4.69, 9.17) is 0 Å². The molecule has 2 unspecified atom stereocenters. The Bertz CT molecular complexity index is 404. The normalized spacial score (nSPS) is 14.1. The van der Waals surface area contributed by atoms with E-state index < -0.39 is 0 Å². The zero-order chi connectivity index (χ0) is 13.0. The molecule has 0 heterocycles. The first-order chi connectivity index (χ1) is 7.97. The minimum absolute atomic E-state index is 0.153. The molecule has 17 heavy (non-hydrogen) atoms. The molecule has 0 aromatic heterocycles. The van der Waals surface area contributed by atoms with Gasteiger partial charge < -0.3 is 5.32 Å². The molecule has 4 heteroatoms. The molecule has 0 radical (unpaired) electrons. The molecule has 2 atom stereocenters. The lowest BCUT2D eigenvalue weighted by Gasteiger charge is -2.22. The number of rotatable bonds is 5. The number of para-hydroxylation sites is 1. The number of benzene rings is 1. The molecule has 1 aromatic carbocycles. The molecule has 0 aliphatic heterocycles. The smallest absolute Gasteiger partial charge is 0.292 e. The van der Waals surface area contributed by atoms with Gasteiger partial charge in [-0.2, -0.15) is 0 Å². The summed E-state index contributed by atoms with van der Waals surface area (Å²) >= 11 is 0. The first kappa shape index (κ1) is 13.5. The van der Waals surface area contributed by atoms with Gasteiger partial charge in [-0.25, -0.2) is 0 Å². The summed E-state index contributed by atoms with van der Waals surface area (Å²) < 4.78 is 0. The largest absolute Gasteiger partial charge is 0.377 e. The van der Waals surface area contributed by atoms with Crippen LogP contribution >= 0.6 is 0 Å². The summed E-state index contributed by atoms with van der Waals surface area (Å²) in [5.41, 5.74) is 1.71. The van der Waals surface area contributed by atoms with Gasteiger partial charge in [0.1, 0.15) is 5.69 Å². The SMILES string of the molecule is CCC(C)C(C)Nc1c(C)cccc1[N+](=O)[O-]. The van der Waals surface area contributed by atoms with Crippen molar-refractivity contribution in [2.45, 2.75) is 40.2 Å². The Morgan fingerprint density at radius 1 is 1.41 bits per heavy atom. The summed E-state index contributed by atoms with van der Waals surface area (Å²) in [6.07, 6.45) is 1.05. The van der Waals surface area contributed by atoms with Crippen LogP contribution in [0.3, 0.4) is 0 Å². The Balaban J connectivity index is 3.00. The predicted octanol–water partition coefficient (Wildman–Crippen LogP) is 3.75. The maximum atomic E-state index is 11.0. The second-order valence-electron chi connectivity index (χ2n) is 4.54. The van der Waals surface area contributed by atoms with E-state index >= 15 is 0 Å². The van der Waals surface area contributed by atoms with Crippen LogP contribution in [0.25, 0.3) is 0 Å². The first-order valence-corrected chi connectivity index (χ1v) is 5.97. The average Bonchev–Trinajstić information content (AvgIpc) is 2.30. The summed E-state index contributed by atoms with van der Waals surface area (Å²) in [5, 5.41) is 14.2. The Morgan fingerprint density at radius 3 is 2.59 bits per heavy atom. The second-order valence-corrected chi connectivity index (χ2v) is 4.54. The van der Waals surface area contributed by atoms with Crippen LogP contribution in [0, 0.1) is 23.0 Å². The Morgan fingerprint density at radius 2 is 2.06 bits per heavy atom. The van der Waals surface area contributed by atoms with Crippen molar-refractivity contribution in [3.63, 3.8) is 0 Å².